The second kappa shape index (κ2) is 9.57. The van der Waals surface area contributed by atoms with Crippen molar-refractivity contribution < 1.29 is 9.53 Å². The number of nitrogens with one attached hydrogen (secondary N) is 1. The van der Waals surface area contributed by atoms with Gasteiger partial charge in [-0.3, -0.25) is 4.79 Å². The lowest BCUT2D eigenvalue weighted by Crippen LogP contribution is -2.11. The van der Waals surface area contributed by atoms with Gasteiger partial charge in [-0.25, -0.2) is 0 Å². The van der Waals surface area contributed by atoms with Gasteiger partial charge in [-0.2, -0.15) is 0 Å². The smallest absolute Gasteiger partial charge is 0.192 e. The largest absolute Gasteiger partial charge is 0.496 e. The summed E-state index contributed by atoms with van der Waals surface area (Å²) in [7, 11) is 1.65. The molecule has 0 fully saturated rings. The molecule has 2 heterocycles. The normalized spacial score (nSPS) is 12.1. The summed E-state index contributed by atoms with van der Waals surface area (Å²) in [5.41, 5.74) is 3.40. The predicted molar refractivity (Wildman–Crippen MR) is 135 cm³/mol. The van der Waals surface area contributed by atoms with Gasteiger partial charge in [0.1, 0.15) is 11.0 Å². The lowest BCUT2D eigenvalue weighted by Gasteiger charge is -2.16. The van der Waals surface area contributed by atoms with E-state index >= 15 is 0 Å². The minimum absolute atomic E-state index is 0.0261. The quantitative estimate of drug-likeness (QED) is 0.218. The molecule has 34 heavy (non-hydrogen) atoms. The van der Waals surface area contributed by atoms with E-state index in [2.05, 4.69) is 15.2 Å². The number of hydrogen-bond acceptors (Lipinski definition) is 5. The molecule has 0 aliphatic heterocycles. The topological polar surface area (TPSA) is 72.8 Å². The van der Waals surface area contributed by atoms with Gasteiger partial charge in [0.2, 0.25) is 0 Å². The SMILES string of the molecule is CCn1c(SC(C(=O)c2c[nH]c3ccccc23)c2ccccc2)nnc1-c1ccccc1OC. The summed E-state index contributed by atoms with van der Waals surface area (Å²) < 4.78 is 7.57. The molecule has 0 spiro atoms. The molecule has 0 aliphatic rings. The van der Waals surface area contributed by atoms with Gasteiger partial charge in [-0.15, -0.1) is 10.2 Å². The van der Waals surface area contributed by atoms with Crippen LogP contribution in [-0.2, 0) is 6.54 Å². The highest BCUT2D eigenvalue weighted by Crippen LogP contribution is 2.40. The van der Waals surface area contributed by atoms with Crippen molar-refractivity contribution in [3.8, 4) is 17.1 Å². The molecule has 0 aliphatic carbocycles. The van der Waals surface area contributed by atoms with Gasteiger partial charge in [-0.1, -0.05) is 72.4 Å². The Bertz CT molecular complexity index is 1440. The number of benzene rings is 3. The highest BCUT2D eigenvalue weighted by Gasteiger charge is 2.28. The Balaban J connectivity index is 1.57. The van der Waals surface area contributed by atoms with Crippen molar-refractivity contribution in [1.29, 1.82) is 0 Å². The van der Waals surface area contributed by atoms with Crippen LogP contribution in [0.1, 0.15) is 28.1 Å². The number of ether oxygens (including phenoxy) is 1. The summed E-state index contributed by atoms with van der Waals surface area (Å²) in [4.78, 5) is 17.1. The maximum absolute atomic E-state index is 13.9. The van der Waals surface area contributed by atoms with Crippen LogP contribution in [0.15, 0.2) is 90.2 Å². The summed E-state index contributed by atoms with van der Waals surface area (Å²) in [6.45, 7) is 2.71. The van der Waals surface area contributed by atoms with Gasteiger partial charge in [-0.05, 0) is 30.7 Å². The maximum atomic E-state index is 13.9. The van der Waals surface area contributed by atoms with Gasteiger partial charge < -0.3 is 14.3 Å². The lowest BCUT2D eigenvalue weighted by molar-refractivity contribution is 0.0991. The first-order valence-electron chi connectivity index (χ1n) is 11.1. The maximum Gasteiger partial charge on any atom is 0.192 e. The van der Waals surface area contributed by atoms with Crippen LogP contribution in [-0.4, -0.2) is 32.6 Å². The standard InChI is InChI=1S/C27H24N4O2S/c1-3-31-26(20-14-8-10-16-23(20)33-2)29-30-27(31)34-25(18-11-5-4-6-12-18)24(32)21-17-28-22-15-9-7-13-19(21)22/h4-17,25,28H,3H2,1-2H3. The van der Waals surface area contributed by atoms with Crippen molar-refractivity contribution in [2.75, 3.05) is 7.11 Å². The molecule has 2 aromatic heterocycles. The van der Waals surface area contributed by atoms with Crippen LogP contribution in [0.25, 0.3) is 22.3 Å². The Morgan fingerprint density at radius 1 is 1.00 bits per heavy atom. The molecule has 5 aromatic rings. The van der Waals surface area contributed by atoms with Crippen molar-refractivity contribution in [3.05, 3.63) is 96.2 Å². The number of carbonyl (C=O) groups is 1. The molecule has 5 rings (SSSR count). The number of Topliss-reactive ketones (excluding diaryl/α,β-unsaturated/α-hetero) is 1. The molecular formula is C27H24N4O2S. The van der Waals surface area contributed by atoms with E-state index < -0.39 is 5.25 Å². The highest BCUT2D eigenvalue weighted by molar-refractivity contribution is 8.00. The molecule has 0 bridgehead atoms. The van der Waals surface area contributed by atoms with Crippen molar-refractivity contribution in [3.63, 3.8) is 0 Å². The second-order valence-electron chi connectivity index (χ2n) is 7.77. The number of hydrogen-bond donors (Lipinski definition) is 1. The third-order valence-corrected chi connectivity index (χ3v) is 7.03. The van der Waals surface area contributed by atoms with E-state index in [0.717, 1.165) is 27.8 Å². The number of carbonyl (C=O) groups excluding carboxylic acids is 1. The van der Waals surface area contributed by atoms with E-state index in [1.807, 2.05) is 90.4 Å². The van der Waals surface area contributed by atoms with Crippen LogP contribution in [0.4, 0.5) is 0 Å². The first kappa shape index (κ1) is 22.0. The van der Waals surface area contributed by atoms with Crippen LogP contribution in [0.2, 0.25) is 0 Å². The number of aromatic amines is 1. The fourth-order valence-electron chi connectivity index (χ4n) is 4.11. The summed E-state index contributed by atoms with van der Waals surface area (Å²) in [6.07, 6.45) is 1.80. The fraction of sp³-hybridized carbons (Fsp3) is 0.148. The van der Waals surface area contributed by atoms with Crippen molar-refractivity contribution in [2.24, 2.45) is 0 Å². The number of para-hydroxylation sites is 2. The Morgan fingerprint density at radius 2 is 1.74 bits per heavy atom. The molecule has 6 nitrogen and oxygen atoms in total. The van der Waals surface area contributed by atoms with Crippen molar-refractivity contribution in [2.45, 2.75) is 23.9 Å². The zero-order valence-corrected chi connectivity index (χ0v) is 19.8. The van der Waals surface area contributed by atoms with Crippen molar-refractivity contribution >= 4 is 28.4 Å². The molecule has 0 saturated carbocycles. The Hall–Kier alpha value is -3.84. The summed E-state index contributed by atoms with van der Waals surface area (Å²) in [5, 5.41) is 10.1. The summed E-state index contributed by atoms with van der Waals surface area (Å²) >= 11 is 1.42. The molecule has 0 radical (unpaired) electrons. The molecule has 1 atom stereocenters. The van der Waals surface area contributed by atoms with Gasteiger partial charge >= 0.3 is 0 Å². The summed E-state index contributed by atoms with van der Waals surface area (Å²) in [5.74, 6) is 1.47. The van der Waals surface area contributed by atoms with Gasteiger partial charge in [0.25, 0.3) is 0 Å². The van der Waals surface area contributed by atoms with E-state index in [1.54, 1.807) is 13.3 Å². The van der Waals surface area contributed by atoms with Crippen LogP contribution >= 0.6 is 11.8 Å². The Labute approximate surface area is 202 Å². The lowest BCUT2D eigenvalue weighted by atomic mass is 10.0. The average molecular weight is 469 g/mol. The minimum Gasteiger partial charge on any atom is -0.496 e. The first-order valence-corrected chi connectivity index (χ1v) is 12.0. The number of methoxy groups -OCH3 is 1. The molecular weight excluding hydrogens is 444 g/mol. The minimum atomic E-state index is -0.472. The Kier molecular flexibility index (Phi) is 6.18. The van der Waals surface area contributed by atoms with Crippen molar-refractivity contribution in [1.82, 2.24) is 19.7 Å². The predicted octanol–water partition coefficient (Wildman–Crippen LogP) is 6.17. The second-order valence-corrected chi connectivity index (χ2v) is 8.84. The van der Waals surface area contributed by atoms with Crippen LogP contribution in [0.3, 0.4) is 0 Å². The average Bonchev–Trinajstić information content (AvgIpc) is 3.51. The zero-order chi connectivity index (χ0) is 23.5. The van der Waals surface area contributed by atoms with E-state index in [1.165, 1.54) is 11.8 Å². The third-order valence-electron chi connectivity index (χ3n) is 5.80. The molecule has 1 unspecified atom stereocenters. The van der Waals surface area contributed by atoms with Crippen LogP contribution in [0.5, 0.6) is 5.75 Å². The molecule has 170 valence electrons. The van der Waals surface area contributed by atoms with Crippen LogP contribution < -0.4 is 4.74 Å². The van der Waals surface area contributed by atoms with Crippen LogP contribution in [0, 0.1) is 0 Å². The number of H-pyrrole nitrogens is 1. The monoisotopic (exact) mass is 468 g/mol. The molecule has 7 heteroatoms. The van der Waals surface area contributed by atoms with E-state index in [4.69, 9.17) is 4.74 Å². The van der Waals surface area contributed by atoms with Gasteiger partial charge in [0, 0.05) is 29.2 Å². The molecule has 3 aromatic carbocycles. The zero-order valence-electron chi connectivity index (χ0n) is 18.9. The van der Waals surface area contributed by atoms with E-state index in [0.29, 0.717) is 23.1 Å². The Morgan fingerprint density at radius 3 is 2.53 bits per heavy atom. The third kappa shape index (κ3) is 3.99. The number of thioether (sulfide) groups is 1. The number of rotatable bonds is 8. The number of fused-ring (bicyclic) bond motifs is 1. The highest BCUT2D eigenvalue weighted by atomic mass is 32.2. The van der Waals surface area contributed by atoms with Gasteiger partial charge in [0.05, 0.1) is 12.7 Å². The molecule has 1 N–H and O–H groups in total. The van der Waals surface area contributed by atoms with E-state index in [9.17, 15) is 4.79 Å². The number of nitrogens with zero attached hydrogens (tertiary/aromatic N) is 3. The molecule has 0 saturated heterocycles. The number of aromatic nitrogens is 4. The van der Waals surface area contributed by atoms with Gasteiger partial charge in [0.15, 0.2) is 16.8 Å². The van der Waals surface area contributed by atoms with E-state index in [-0.39, 0.29) is 5.78 Å². The molecule has 0 amide bonds. The number of ketones is 1. The fourth-order valence-corrected chi connectivity index (χ4v) is 5.28. The summed E-state index contributed by atoms with van der Waals surface area (Å²) in [6, 6.07) is 25.4. The first-order chi connectivity index (χ1) is 16.7.